The summed E-state index contributed by atoms with van der Waals surface area (Å²) in [5.74, 6) is -0.196. The van der Waals surface area contributed by atoms with E-state index in [0.29, 0.717) is 42.6 Å². The molecule has 1 amide bonds. The summed E-state index contributed by atoms with van der Waals surface area (Å²) in [5.41, 5.74) is 0.688. The van der Waals surface area contributed by atoms with Gasteiger partial charge in [-0.05, 0) is 42.5 Å². The van der Waals surface area contributed by atoms with Gasteiger partial charge in [0.05, 0.1) is 34.4 Å². The topological polar surface area (TPSA) is 66.9 Å². The molecule has 0 N–H and O–H groups in total. The highest BCUT2D eigenvalue weighted by Crippen LogP contribution is 2.28. The number of anilines is 1. The Bertz CT molecular complexity index is 942. The Hall–Kier alpha value is -1.80. The van der Waals surface area contributed by atoms with Gasteiger partial charge in [0.1, 0.15) is 0 Å². The number of hydrogen-bond donors (Lipinski definition) is 0. The molecule has 9 heteroatoms. The highest BCUT2D eigenvalue weighted by molar-refractivity contribution is 7.92. The number of ether oxygens (including phenoxy) is 1. The van der Waals surface area contributed by atoms with Crippen LogP contribution in [-0.4, -0.2) is 52.6 Å². The zero-order chi connectivity index (χ0) is 19.6. The molecule has 0 unspecified atom stereocenters. The molecule has 2 aromatic carbocycles. The lowest BCUT2D eigenvalue weighted by Crippen LogP contribution is -2.40. The van der Waals surface area contributed by atoms with E-state index in [-0.39, 0.29) is 15.8 Å². The summed E-state index contributed by atoms with van der Waals surface area (Å²) in [6, 6.07) is 10.5. The highest BCUT2D eigenvalue weighted by Gasteiger charge is 2.24. The van der Waals surface area contributed by atoms with Crippen molar-refractivity contribution in [2.75, 3.05) is 37.7 Å². The van der Waals surface area contributed by atoms with Crippen LogP contribution in [0.15, 0.2) is 47.4 Å². The first kappa shape index (κ1) is 19.9. The van der Waals surface area contributed by atoms with Crippen LogP contribution in [0.4, 0.5) is 5.69 Å². The van der Waals surface area contributed by atoms with Gasteiger partial charge in [-0.3, -0.25) is 9.10 Å². The molecular weight excluding hydrogens is 411 g/mol. The Morgan fingerprint density at radius 2 is 1.70 bits per heavy atom. The molecule has 0 aromatic heterocycles. The third-order valence-electron chi connectivity index (χ3n) is 4.32. The van der Waals surface area contributed by atoms with Crippen molar-refractivity contribution in [3.63, 3.8) is 0 Å². The summed E-state index contributed by atoms with van der Waals surface area (Å²) >= 11 is 12.1. The van der Waals surface area contributed by atoms with Crippen LogP contribution in [0.3, 0.4) is 0 Å². The molecule has 0 spiro atoms. The Kier molecular flexibility index (Phi) is 5.95. The third-order valence-corrected chi connectivity index (χ3v) is 6.68. The van der Waals surface area contributed by atoms with E-state index < -0.39 is 10.0 Å². The second-order valence-electron chi connectivity index (χ2n) is 6.00. The lowest BCUT2D eigenvalue weighted by atomic mass is 10.1. The number of amides is 1. The third kappa shape index (κ3) is 4.21. The fourth-order valence-corrected chi connectivity index (χ4v) is 4.28. The predicted octanol–water partition coefficient (Wildman–Crippen LogP) is 3.29. The van der Waals surface area contributed by atoms with Gasteiger partial charge in [0.2, 0.25) is 0 Å². The van der Waals surface area contributed by atoms with E-state index in [1.165, 1.54) is 37.4 Å². The van der Waals surface area contributed by atoms with Crippen molar-refractivity contribution >= 4 is 44.8 Å². The highest BCUT2D eigenvalue weighted by atomic mass is 35.5. The van der Waals surface area contributed by atoms with E-state index in [1.807, 2.05) is 0 Å². The monoisotopic (exact) mass is 428 g/mol. The van der Waals surface area contributed by atoms with Crippen LogP contribution in [0, 0.1) is 0 Å². The summed E-state index contributed by atoms with van der Waals surface area (Å²) in [6.45, 7) is 1.98. The maximum absolute atomic E-state index is 12.8. The molecule has 1 fully saturated rings. The summed E-state index contributed by atoms with van der Waals surface area (Å²) < 4.78 is 31.9. The zero-order valence-corrected chi connectivity index (χ0v) is 16.9. The van der Waals surface area contributed by atoms with Gasteiger partial charge >= 0.3 is 0 Å². The normalized spacial score (nSPS) is 14.9. The number of benzene rings is 2. The minimum absolute atomic E-state index is 0.110. The molecule has 1 heterocycles. The summed E-state index contributed by atoms with van der Waals surface area (Å²) in [6.07, 6.45) is 0. The SMILES string of the molecule is CN(c1ccc(C(=O)N2CCOCC2)c(Cl)c1)S(=O)(=O)c1ccc(Cl)cc1. The van der Waals surface area contributed by atoms with Crippen molar-refractivity contribution in [2.24, 2.45) is 0 Å². The lowest BCUT2D eigenvalue weighted by molar-refractivity contribution is 0.0303. The predicted molar refractivity (Wildman–Crippen MR) is 105 cm³/mol. The Morgan fingerprint density at radius 3 is 2.30 bits per heavy atom. The second kappa shape index (κ2) is 8.06. The van der Waals surface area contributed by atoms with Gasteiger partial charge in [-0.2, -0.15) is 0 Å². The summed E-state index contributed by atoms with van der Waals surface area (Å²) in [4.78, 5) is 14.4. The molecule has 1 aliphatic heterocycles. The van der Waals surface area contributed by atoms with E-state index in [0.717, 1.165) is 4.31 Å². The fourth-order valence-electron chi connectivity index (χ4n) is 2.71. The Labute approximate surface area is 168 Å². The number of carbonyl (C=O) groups is 1. The molecule has 27 heavy (non-hydrogen) atoms. The van der Waals surface area contributed by atoms with Crippen molar-refractivity contribution in [1.29, 1.82) is 0 Å². The molecule has 0 saturated carbocycles. The van der Waals surface area contributed by atoms with Crippen LogP contribution in [-0.2, 0) is 14.8 Å². The van der Waals surface area contributed by atoms with E-state index in [2.05, 4.69) is 0 Å². The molecule has 2 aromatic rings. The van der Waals surface area contributed by atoms with Gasteiger partial charge in [-0.25, -0.2) is 8.42 Å². The van der Waals surface area contributed by atoms with Crippen LogP contribution in [0.2, 0.25) is 10.0 Å². The number of morpholine rings is 1. The Balaban J connectivity index is 1.86. The molecule has 0 bridgehead atoms. The smallest absolute Gasteiger partial charge is 0.264 e. The fraction of sp³-hybridized carbons (Fsp3) is 0.278. The first-order valence-corrected chi connectivity index (χ1v) is 10.4. The molecule has 3 rings (SSSR count). The molecule has 144 valence electrons. The van der Waals surface area contributed by atoms with E-state index >= 15 is 0 Å². The van der Waals surface area contributed by atoms with Crippen LogP contribution in [0.1, 0.15) is 10.4 Å². The van der Waals surface area contributed by atoms with Gasteiger partial charge in [0.25, 0.3) is 15.9 Å². The number of hydrogen-bond acceptors (Lipinski definition) is 4. The van der Waals surface area contributed by atoms with Crippen molar-refractivity contribution in [3.05, 3.63) is 58.1 Å². The maximum atomic E-state index is 12.8. The second-order valence-corrected chi connectivity index (χ2v) is 8.81. The maximum Gasteiger partial charge on any atom is 0.264 e. The lowest BCUT2D eigenvalue weighted by Gasteiger charge is -2.27. The first-order chi connectivity index (χ1) is 12.8. The van der Waals surface area contributed by atoms with Crippen LogP contribution in [0.5, 0.6) is 0 Å². The van der Waals surface area contributed by atoms with E-state index in [4.69, 9.17) is 27.9 Å². The molecule has 1 aliphatic rings. The van der Waals surface area contributed by atoms with Crippen molar-refractivity contribution < 1.29 is 17.9 Å². The van der Waals surface area contributed by atoms with E-state index in [9.17, 15) is 13.2 Å². The number of sulfonamides is 1. The molecule has 1 saturated heterocycles. The zero-order valence-electron chi connectivity index (χ0n) is 14.6. The first-order valence-electron chi connectivity index (χ1n) is 8.22. The minimum atomic E-state index is -3.77. The molecule has 0 aliphatic carbocycles. The van der Waals surface area contributed by atoms with Gasteiger partial charge in [0, 0.05) is 25.2 Å². The van der Waals surface area contributed by atoms with Crippen LogP contribution >= 0.6 is 23.2 Å². The van der Waals surface area contributed by atoms with Gasteiger partial charge in [-0.15, -0.1) is 0 Å². The molecule has 0 atom stereocenters. The van der Waals surface area contributed by atoms with Gasteiger partial charge in [0.15, 0.2) is 0 Å². The molecular formula is C18H18Cl2N2O4S. The van der Waals surface area contributed by atoms with Crippen LogP contribution < -0.4 is 4.31 Å². The van der Waals surface area contributed by atoms with E-state index in [1.54, 1.807) is 17.0 Å². The average molecular weight is 429 g/mol. The standard InChI is InChI=1S/C18H18Cl2N2O4S/c1-21(27(24,25)15-5-2-13(19)3-6-15)14-4-7-16(17(20)12-14)18(23)22-8-10-26-11-9-22/h2-7,12H,8-11H2,1H3. The Morgan fingerprint density at radius 1 is 1.07 bits per heavy atom. The molecule has 6 nitrogen and oxygen atoms in total. The van der Waals surface area contributed by atoms with Crippen molar-refractivity contribution in [2.45, 2.75) is 4.90 Å². The number of halogens is 2. The number of carbonyl (C=O) groups excluding carboxylic acids is 1. The van der Waals surface area contributed by atoms with Gasteiger partial charge in [-0.1, -0.05) is 23.2 Å². The number of nitrogens with zero attached hydrogens (tertiary/aromatic N) is 2. The number of rotatable bonds is 4. The summed E-state index contributed by atoms with van der Waals surface area (Å²) in [5, 5.41) is 0.646. The summed E-state index contributed by atoms with van der Waals surface area (Å²) in [7, 11) is -2.35. The van der Waals surface area contributed by atoms with Crippen LogP contribution in [0.25, 0.3) is 0 Å². The quantitative estimate of drug-likeness (QED) is 0.748. The van der Waals surface area contributed by atoms with Crippen molar-refractivity contribution in [3.8, 4) is 0 Å². The minimum Gasteiger partial charge on any atom is -0.378 e. The average Bonchev–Trinajstić information content (AvgIpc) is 2.68. The molecule has 0 radical (unpaired) electrons. The largest absolute Gasteiger partial charge is 0.378 e. The van der Waals surface area contributed by atoms with Crippen molar-refractivity contribution in [1.82, 2.24) is 4.90 Å². The van der Waals surface area contributed by atoms with Gasteiger partial charge < -0.3 is 9.64 Å².